The third kappa shape index (κ3) is 2.59. The molecule has 3 aromatic heterocycles. The summed E-state index contributed by atoms with van der Waals surface area (Å²) < 4.78 is 8.86. The van der Waals surface area contributed by atoms with Crippen molar-refractivity contribution in [2.75, 3.05) is 7.11 Å². The molecule has 0 aliphatic rings. The second kappa shape index (κ2) is 6.61. The summed E-state index contributed by atoms with van der Waals surface area (Å²) in [7, 11) is 1.63. The molecule has 5 rings (SSSR count). The molecule has 3 heterocycles. The van der Waals surface area contributed by atoms with Gasteiger partial charge in [0.2, 0.25) is 5.78 Å². The van der Waals surface area contributed by atoms with Gasteiger partial charge in [0.15, 0.2) is 5.82 Å². The van der Waals surface area contributed by atoms with E-state index in [1.807, 2.05) is 70.4 Å². The molecule has 138 valence electrons. The van der Waals surface area contributed by atoms with E-state index in [0.29, 0.717) is 17.7 Å². The summed E-state index contributed by atoms with van der Waals surface area (Å²) in [6.07, 6.45) is 0. The Kier molecular flexibility index (Phi) is 3.95. The van der Waals surface area contributed by atoms with Crippen LogP contribution in [0.15, 0.2) is 70.8 Å². The standard InChI is InChI=1S/C21H16N4O2S/c1-27-15-10-8-14(9-11-15)13-24-20(26)16-5-2-3-6-17(16)25-19(22-23-21(24)25)18-7-4-12-28-18/h2-12H,13H2,1H3. The molecule has 0 N–H and O–H groups in total. The number of hydrogen-bond acceptors (Lipinski definition) is 5. The summed E-state index contributed by atoms with van der Waals surface area (Å²) in [5.41, 5.74) is 1.71. The van der Waals surface area contributed by atoms with Crippen molar-refractivity contribution in [3.63, 3.8) is 0 Å². The van der Waals surface area contributed by atoms with Gasteiger partial charge in [0.05, 0.1) is 29.4 Å². The van der Waals surface area contributed by atoms with Crippen LogP contribution in [0.4, 0.5) is 0 Å². The summed E-state index contributed by atoms with van der Waals surface area (Å²) >= 11 is 1.60. The lowest BCUT2D eigenvalue weighted by molar-refractivity contribution is 0.414. The Morgan fingerprint density at radius 2 is 1.82 bits per heavy atom. The van der Waals surface area contributed by atoms with Crippen LogP contribution in [0.5, 0.6) is 5.75 Å². The van der Waals surface area contributed by atoms with Crippen molar-refractivity contribution in [1.29, 1.82) is 0 Å². The zero-order chi connectivity index (χ0) is 19.1. The van der Waals surface area contributed by atoms with Crippen molar-refractivity contribution in [3.8, 4) is 16.5 Å². The van der Waals surface area contributed by atoms with Crippen LogP contribution in [-0.4, -0.2) is 26.3 Å². The number of fused-ring (bicyclic) bond motifs is 3. The molecule has 0 aliphatic carbocycles. The molecule has 0 bridgehead atoms. The number of hydrogen-bond donors (Lipinski definition) is 0. The molecule has 0 radical (unpaired) electrons. The number of benzene rings is 2. The van der Waals surface area contributed by atoms with Gasteiger partial charge in [0, 0.05) is 0 Å². The lowest BCUT2D eigenvalue weighted by Crippen LogP contribution is -2.24. The molecule has 0 atom stereocenters. The first kappa shape index (κ1) is 16.7. The summed E-state index contributed by atoms with van der Waals surface area (Å²) in [5.74, 6) is 2.05. The highest BCUT2D eigenvalue weighted by molar-refractivity contribution is 7.13. The van der Waals surface area contributed by atoms with Gasteiger partial charge in [-0.1, -0.05) is 30.3 Å². The Bertz CT molecular complexity index is 1340. The Morgan fingerprint density at radius 1 is 1.00 bits per heavy atom. The van der Waals surface area contributed by atoms with Crippen LogP contribution in [0.3, 0.4) is 0 Å². The number of nitrogens with zero attached hydrogens (tertiary/aromatic N) is 4. The Labute approximate surface area is 164 Å². The first-order valence-corrected chi connectivity index (χ1v) is 9.68. The second-order valence-corrected chi connectivity index (χ2v) is 7.34. The first-order chi connectivity index (χ1) is 13.8. The van der Waals surface area contributed by atoms with E-state index in [2.05, 4.69) is 10.2 Å². The number of thiophene rings is 1. The predicted molar refractivity (Wildman–Crippen MR) is 110 cm³/mol. The van der Waals surface area contributed by atoms with Gasteiger partial charge in [-0.05, 0) is 41.3 Å². The van der Waals surface area contributed by atoms with Gasteiger partial charge in [0.25, 0.3) is 5.56 Å². The number of ether oxygens (including phenoxy) is 1. The van der Waals surface area contributed by atoms with Crippen molar-refractivity contribution >= 4 is 28.0 Å². The molecule has 0 spiro atoms. The lowest BCUT2D eigenvalue weighted by atomic mass is 10.2. The van der Waals surface area contributed by atoms with Gasteiger partial charge in [-0.2, -0.15) is 0 Å². The van der Waals surface area contributed by atoms with Gasteiger partial charge >= 0.3 is 0 Å². The van der Waals surface area contributed by atoms with Crippen molar-refractivity contribution in [3.05, 3.63) is 82.0 Å². The van der Waals surface area contributed by atoms with Crippen LogP contribution in [0.1, 0.15) is 5.56 Å². The highest BCUT2D eigenvalue weighted by atomic mass is 32.1. The van der Waals surface area contributed by atoms with E-state index in [4.69, 9.17) is 4.74 Å². The molecule has 0 saturated carbocycles. The monoisotopic (exact) mass is 388 g/mol. The van der Waals surface area contributed by atoms with Gasteiger partial charge in [-0.3, -0.25) is 13.8 Å². The summed E-state index contributed by atoms with van der Waals surface area (Å²) in [4.78, 5) is 14.2. The van der Waals surface area contributed by atoms with E-state index in [1.165, 1.54) is 0 Å². The van der Waals surface area contributed by atoms with Gasteiger partial charge in [-0.25, -0.2) is 0 Å². The van der Waals surface area contributed by atoms with Crippen LogP contribution in [0.25, 0.3) is 27.4 Å². The third-order valence-corrected chi connectivity index (χ3v) is 5.62. The Morgan fingerprint density at radius 3 is 2.57 bits per heavy atom. The SMILES string of the molecule is COc1ccc(Cn2c(=O)c3ccccc3n3c(-c4cccs4)nnc23)cc1. The molecular formula is C21H16N4O2S. The minimum absolute atomic E-state index is 0.0796. The van der Waals surface area contributed by atoms with E-state index in [-0.39, 0.29) is 5.56 Å². The maximum atomic E-state index is 13.2. The molecular weight excluding hydrogens is 372 g/mol. The minimum atomic E-state index is -0.0796. The fourth-order valence-electron chi connectivity index (χ4n) is 3.38. The molecule has 0 aliphatic heterocycles. The van der Waals surface area contributed by atoms with Crippen LogP contribution in [-0.2, 0) is 6.54 Å². The Hall–Kier alpha value is -3.45. The molecule has 6 nitrogen and oxygen atoms in total. The average Bonchev–Trinajstić information content (AvgIpc) is 3.41. The molecule has 5 aromatic rings. The second-order valence-electron chi connectivity index (χ2n) is 6.39. The smallest absolute Gasteiger partial charge is 0.263 e. The van der Waals surface area contributed by atoms with Crippen molar-refractivity contribution < 1.29 is 4.74 Å². The van der Waals surface area contributed by atoms with E-state index in [0.717, 1.165) is 27.5 Å². The van der Waals surface area contributed by atoms with E-state index < -0.39 is 0 Å². The molecule has 28 heavy (non-hydrogen) atoms. The van der Waals surface area contributed by atoms with Crippen molar-refractivity contribution in [1.82, 2.24) is 19.2 Å². The van der Waals surface area contributed by atoms with Gasteiger partial charge in [-0.15, -0.1) is 21.5 Å². The van der Waals surface area contributed by atoms with E-state index in [1.54, 1.807) is 23.0 Å². The van der Waals surface area contributed by atoms with Crippen LogP contribution < -0.4 is 10.3 Å². The van der Waals surface area contributed by atoms with E-state index >= 15 is 0 Å². The number of methoxy groups -OCH3 is 1. The zero-order valence-corrected chi connectivity index (χ0v) is 15.9. The molecule has 0 saturated heterocycles. The normalized spacial score (nSPS) is 11.3. The highest BCUT2D eigenvalue weighted by Crippen LogP contribution is 2.26. The summed E-state index contributed by atoms with van der Waals surface area (Å²) in [6, 6.07) is 19.3. The largest absolute Gasteiger partial charge is 0.497 e. The molecule has 0 unspecified atom stereocenters. The number of para-hydroxylation sites is 1. The van der Waals surface area contributed by atoms with Crippen LogP contribution in [0.2, 0.25) is 0 Å². The van der Waals surface area contributed by atoms with Crippen molar-refractivity contribution in [2.45, 2.75) is 6.54 Å². The molecule has 0 fully saturated rings. The number of rotatable bonds is 4. The average molecular weight is 388 g/mol. The number of aromatic nitrogens is 4. The molecule has 2 aromatic carbocycles. The van der Waals surface area contributed by atoms with Gasteiger partial charge in [0.1, 0.15) is 5.75 Å². The zero-order valence-electron chi connectivity index (χ0n) is 15.1. The Balaban J connectivity index is 1.78. The summed E-state index contributed by atoms with van der Waals surface area (Å²) in [5, 5.41) is 11.4. The topological polar surface area (TPSA) is 61.4 Å². The maximum Gasteiger partial charge on any atom is 0.263 e. The molecule has 0 amide bonds. The fourth-order valence-corrected chi connectivity index (χ4v) is 4.08. The quantitative estimate of drug-likeness (QED) is 0.469. The predicted octanol–water partition coefficient (Wildman–Crippen LogP) is 3.83. The van der Waals surface area contributed by atoms with Gasteiger partial charge < -0.3 is 4.74 Å². The highest BCUT2D eigenvalue weighted by Gasteiger charge is 2.18. The van der Waals surface area contributed by atoms with E-state index in [9.17, 15) is 4.79 Å². The fraction of sp³-hybridized carbons (Fsp3) is 0.0952. The third-order valence-electron chi connectivity index (χ3n) is 4.75. The summed E-state index contributed by atoms with van der Waals surface area (Å²) in [6.45, 7) is 0.403. The first-order valence-electron chi connectivity index (χ1n) is 8.80. The van der Waals surface area contributed by atoms with Crippen molar-refractivity contribution in [2.24, 2.45) is 0 Å². The molecule has 7 heteroatoms. The lowest BCUT2D eigenvalue weighted by Gasteiger charge is -2.11. The van der Waals surface area contributed by atoms with Crippen LogP contribution >= 0.6 is 11.3 Å². The van der Waals surface area contributed by atoms with Crippen LogP contribution in [0, 0.1) is 0 Å². The minimum Gasteiger partial charge on any atom is -0.497 e. The maximum absolute atomic E-state index is 13.2.